The second-order valence-electron chi connectivity index (χ2n) is 7.64. The molecule has 0 fully saturated rings. The number of nitrogens with zero attached hydrogens (tertiary/aromatic N) is 2. The van der Waals surface area contributed by atoms with Crippen molar-refractivity contribution >= 4 is 21.4 Å². The molecule has 8 heteroatoms. The van der Waals surface area contributed by atoms with E-state index in [1.54, 1.807) is 24.7 Å². The highest BCUT2D eigenvalue weighted by molar-refractivity contribution is 7.89. The van der Waals surface area contributed by atoms with Crippen molar-refractivity contribution in [3.8, 4) is 11.1 Å². The Balaban J connectivity index is 1.77. The number of anilines is 1. The molecule has 0 saturated heterocycles. The second kappa shape index (κ2) is 11.4. The number of hydrogen-bond donors (Lipinski definition) is 3. The van der Waals surface area contributed by atoms with Gasteiger partial charge in [0.2, 0.25) is 10.0 Å². The Morgan fingerprint density at radius 3 is 2.55 bits per heavy atom. The summed E-state index contributed by atoms with van der Waals surface area (Å²) < 4.78 is 25.4. The molecule has 0 atom stereocenters. The summed E-state index contributed by atoms with van der Waals surface area (Å²) in [6.45, 7) is 0.851. The SMILES string of the molecule is CN(C)S(=O)(=O)CCNc1ccc(-c2ccccc2)cc1C(=N)/C=C\NCc1cccnc1. The van der Waals surface area contributed by atoms with E-state index in [2.05, 4.69) is 15.6 Å². The van der Waals surface area contributed by atoms with Crippen LogP contribution in [-0.4, -0.2) is 49.8 Å². The first kappa shape index (κ1) is 24.2. The number of rotatable bonds is 11. The molecule has 0 aliphatic carbocycles. The predicted molar refractivity (Wildman–Crippen MR) is 135 cm³/mol. The quantitative estimate of drug-likeness (QED) is 0.377. The number of sulfonamides is 1. The lowest BCUT2D eigenvalue weighted by atomic mass is 9.99. The molecule has 0 unspecified atom stereocenters. The van der Waals surface area contributed by atoms with Gasteiger partial charge in [-0.2, -0.15) is 0 Å². The van der Waals surface area contributed by atoms with Crippen molar-refractivity contribution in [3.05, 3.63) is 96.5 Å². The monoisotopic (exact) mass is 463 g/mol. The zero-order valence-corrected chi connectivity index (χ0v) is 19.6. The van der Waals surface area contributed by atoms with E-state index in [-0.39, 0.29) is 12.3 Å². The fourth-order valence-corrected chi connectivity index (χ4v) is 3.87. The van der Waals surface area contributed by atoms with E-state index in [0.717, 1.165) is 16.7 Å². The maximum Gasteiger partial charge on any atom is 0.215 e. The highest BCUT2D eigenvalue weighted by Crippen LogP contribution is 2.26. The van der Waals surface area contributed by atoms with Crippen LogP contribution in [0.5, 0.6) is 0 Å². The summed E-state index contributed by atoms with van der Waals surface area (Å²) in [4.78, 5) is 4.09. The maximum absolute atomic E-state index is 12.1. The molecule has 33 heavy (non-hydrogen) atoms. The zero-order chi connectivity index (χ0) is 23.7. The summed E-state index contributed by atoms with van der Waals surface area (Å²) in [5.41, 5.74) is 4.79. The van der Waals surface area contributed by atoms with E-state index < -0.39 is 10.0 Å². The highest BCUT2D eigenvalue weighted by Gasteiger charge is 2.14. The molecule has 1 heterocycles. The van der Waals surface area contributed by atoms with Gasteiger partial charge in [-0.25, -0.2) is 12.7 Å². The molecule has 0 spiro atoms. The van der Waals surface area contributed by atoms with E-state index in [4.69, 9.17) is 5.41 Å². The molecule has 0 amide bonds. The normalized spacial score (nSPS) is 11.6. The van der Waals surface area contributed by atoms with Gasteiger partial charge in [0.25, 0.3) is 0 Å². The van der Waals surface area contributed by atoms with Crippen LogP contribution in [0, 0.1) is 5.41 Å². The lowest BCUT2D eigenvalue weighted by Crippen LogP contribution is -2.28. The Bertz CT molecular complexity index is 1190. The molecule has 1 aromatic heterocycles. The summed E-state index contributed by atoms with van der Waals surface area (Å²) >= 11 is 0. The lowest BCUT2D eigenvalue weighted by Gasteiger charge is -2.15. The van der Waals surface area contributed by atoms with Gasteiger partial charge in [-0.15, -0.1) is 0 Å². The first-order valence-corrected chi connectivity index (χ1v) is 12.2. The average Bonchev–Trinajstić information content (AvgIpc) is 2.83. The van der Waals surface area contributed by atoms with Crippen LogP contribution in [0.3, 0.4) is 0 Å². The number of aromatic nitrogens is 1. The van der Waals surface area contributed by atoms with E-state index in [1.165, 1.54) is 18.4 Å². The Hall–Kier alpha value is -3.49. The summed E-state index contributed by atoms with van der Waals surface area (Å²) in [5.74, 6) is -0.0320. The third kappa shape index (κ3) is 7.00. The van der Waals surface area contributed by atoms with Crippen LogP contribution in [0.15, 0.2) is 85.3 Å². The largest absolute Gasteiger partial charge is 0.387 e. The molecule has 7 nitrogen and oxygen atoms in total. The van der Waals surface area contributed by atoms with Gasteiger partial charge in [0.15, 0.2) is 0 Å². The molecule has 3 N–H and O–H groups in total. The number of allylic oxidation sites excluding steroid dienone is 1. The summed E-state index contributed by atoms with van der Waals surface area (Å²) in [6, 6.07) is 19.6. The van der Waals surface area contributed by atoms with Crippen LogP contribution in [0.4, 0.5) is 5.69 Å². The smallest absolute Gasteiger partial charge is 0.215 e. The third-order valence-corrected chi connectivity index (χ3v) is 6.88. The van der Waals surface area contributed by atoms with Crippen molar-refractivity contribution in [2.45, 2.75) is 6.54 Å². The Kier molecular flexibility index (Phi) is 8.34. The minimum atomic E-state index is -3.31. The van der Waals surface area contributed by atoms with Crippen LogP contribution in [0.2, 0.25) is 0 Å². The van der Waals surface area contributed by atoms with Gasteiger partial charge >= 0.3 is 0 Å². The number of hydrogen-bond acceptors (Lipinski definition) is 6. The van der Waals surface area contributed by atoms with Crippen LogP contribution < -0.4 is 10.6 Å². The van der Waals surface area contributed by atoms with Gasteiger partial charge in [0.05, 0.1) is 11.5 Å². The van der Waals surface area contributed by atoms with Gasteiger partial charge in [-0.3, -0.25) is 4.98 Å². The van der Waals surface area contributed by atoms with Gasteiger partial charge in [-0.05, 0) is 47.2 Å². The summed E-state index contributed by atoms with van der Waals surface area (Å²) in [5, 5.41) is 15.0. The minimum absolute atomic E-state index is 0.0320. The number of pyridine rings is 1. The standard InChI is InChI=1S/C25H29N5O2S/c1-30(2)33(31,32)16-15-29-25-11-10-22(21-8-4-3-5-9-21)17-23(25)24(26)12-14-28-19-20-7-6-13-27-18-20/h3-14,17-18,26,28-29H,15-16,19H2,1-2H3/b14-12-,26-24?. The minimum Gasteiger partial charge on any atom is -0.387 e. The lowest BCUT2D eigenvalue weighted by molar-refractivity contribution is 0.521. The van der Waals surface area contributed by atoms with Gasteiger partial charge in [0, 0.05) is 50.8 Å². The van der Waals surface area contributed by atoms with Crippen molar-refractivity contribution in [1.82, 2.24) is 14.6 Å². The molecule has 172 valence electrons. The second-order valence-corrected chi connectivity index (χ2v) is 9.94. The molecule has 3 aromatic rings. The van der Waals surface area contributed by atoms with Crippen molar-refractivity contribution in [2.75, 3.05) is 31.7 Å². The molecular formula is C25H29N5O2S. The first-order valence-electron chi connectivity index (χ1n) is 10.6. The predicted octanol–water partition coefficient (Wildman–Crippen LogP) is 3.72. The Morgan fingerprint density at radius 1 is 1.06 bits per heavy atom. The van der Waals surface area contributed by atoms with Crippen LogP contribution in [0.1, 0.15) is 11.1 Å². The third-order valence-electron chi connectivity index (χ3n) is 5.05. The topological polar surface area (TPSA) is 98.2 Å². The van der Waals surface area contributed by atoms with Crippen molar-refractivity contribution in [2.24, 2.45) is 0 Å². The fraction of sp³-hybridized carbons (Fsp3) is 0.200. The molecule has 0 bridgehead atoms. The average molecular weight is 464 g/mol. The first-order chi connectivity index (χ1) is 15.9. The van der Waals surface area contributed by atoms with E-state index in [9.17, 15) is 8.42 Å². The molecular weight excluding hydrogens is 434 g/mol. The molecule has 3 rings (SSSR count). The van der Waals surface area contributed by atoms with E-state index in [1.807, 2.05) is 60.7 Å². The van der Waals surface area contributed by atoms with Gasteiger partial charge < -0.3 is 16.0 Å². The van der Waals surface area contributed by atoms with Crippen LogP contribution in [0.25, 0.3) is 11.1 Å². The molecule has 0 aliphatic heterocycles. The van der Waals surface area contributed by atoms with Crippen molar-refractivity contribution < 1.29 is 8.42 Å². The van der Waals surface area contributed by atoms with Crippen molar-refractivity contribution in [1.29, 1.82) is 5.41 Å². The molecule has 2 aromatic carbocycles. The van der Waals surface area contributed by atoms with Crippen LogP contribution >= 0.6 is 0 Å². The Labute approximate surface area is 195 Å². The fourth-order valence-electron chi connectivity index (χ4n) is 3.14. The molecule has 0 radical (unpaired) electrons. The van der Waals surface area contributed by atoms with Crippen LogP contribution in [-0.2, 0) is 16.6 Å². The number of nitrogens with one attached hydrogen (secondary N) is 3. The van der Waals surface area contributed by atoms with E-state index >= 15 is 0 Å². The highest BCUT2D eigenvalue weighted by atomic mass is 32.2. The van der Waals surface area contributed by atoms with Gasteiger partial charge in [0.1, 0.15) is 0 Å². The molecule has 0 saturated carbocycles. The maximum atomic E-state index is 12.1. The summed E-state index contributed by atoms with van der Waals surface area (Å²) in [7, 11) is -0.264. The zero-order valence-electron chi connectivity index (χ0n) is 18.8. The number of benzene rings is 2. The van der Waals surface area contributed by atoms with E-state index in [0.29, 0.717) is 23.5 Å². The Morgan fingerprint density at radius 2 is 1.85 bits per heavy atom. The van der Waals surface area contributed by atoms with Gasteiger partial charge in [-0.1, -0.05) is 42.5 Å². The summed E-state index contributed by atoms with van der Waals surface area (Å²) in [6.07, 6.45) is 6.96. The van der Waals surface area contributed by atoms with Crippen molar-refractivity contribution in [3.63, 3.8) is 0 Å². The molecule has 0 aliphatic rings.